The summed E-state index contributed by atoms with van der Waals surface area (Å²) in [6, 6.07) is 4.90. The summed E-state index contributed by atoms with van der Waals surface area (Å²) >= 11 is 3.24. The largest absolute Gasteiger partial charge is 0.375 e. The van der Waals surface area contributed by atoms with Crippen molar-refractivity contribution >= 4 is 27.3 Å². The fraction of sp³-hybridized carbons (Fsp3) is 0.333. The number of halogens is 1. The lowest BCUT2D eigenvalue weighted by atomic mass is 10.1. The van der Waals surface area contributed by atoms with Crippen LogP contribution in [0.2, 0.25) is 0 Å². The third kappa shape index (κ3) is 3.13. The van der Waals surface area contributed by atoms with Gasteiger partial charge in [-0.05, 0) is 26.0 Å². The highest BCUT2D eigenvalue weighted by molar-refractivity contribution is 9.10. The number of anilines is 1. The highest BCUT2D eigenvalue weighted by Crippen LogP contribution is 2.29. The van der Waals surface area contributed by atoms with Crippen molar-refractivity contribution < 1.29 is 4.92 Å². The van der Waals surface area contributed by atoms with Crippen molar-refractivity contribution in [1.82, 2.24) is 14.8 Å². The highest BCUT2D eigenvalue weighted by Gasteiger charge is 2.20. The van der Waals surface area contributed by atoms with Crippen LogP contribution in [0.15, 0.2) is 35.3 Å². The molecule has 2 aromatic rings. The number of nitro groups is 1. The van der Waals surface area contributed by atoms with Crippen LogP contribution in [0.5, 0.6) is 0 Å². The van der Waals surface area contributed by atoms with Crippen LogP contribution in [-0.4, -0.2) is 25.7 Å². The van der Waals surface area contributed by atoms with Crippen molar-refractivity contribution in [3.05, 3.63) is 45.4 Å². The fourth-order valence-electron chi connectivity index (χ4n) is 1.80. The van der Waals surface area contributed by atoms with Crippen molar-refractivity contribution in [3.8, 4) is 0 Å². The Morgan fingerprint density at radius 3 is 2.80 bits per heavy atom. The van der Waals surface area contributed by atoms with Gasteiger partial charge < -0.3 is 5.32 Å². The average Bonchev–Trinajstić information content (AvgIpc) is 2.93. The second-order valence-electron chi connectivity index (χ2n) is 4.47. The molecule has 2 rings (SSSR count). The molecule has 1 heterocycles. The Bertz CT molecular complexity index is 602. The fourth-order valence-corrected chi connectivity index (χ4v) is 2.15. The molecule has 0 saturated heterocycles. The summed E-state index contributed by atoms with van der Waals surface area (Å²) in [5.74, 6) is 0. The number of nitrogens with one attached hydrogen (secondary N) is 1. The maximum atomic E-state index is 11.1. The maximum absolute atomic E-state index is 11.1. The van der Waals surface area contributed by atoms with E-state index in [4.69, 9.17) is 0 Å². The number of aromatic nitrogens is 3. The van der Waals surface area contributed by atoms with Crippen LogP contribution in [-0.2, 0) is 0 Å². The normalized spacial score (nSPS) is 13.8. The zero-order chi connectivity index (χ0) is 14.7. The summed E-state index contributed by atoms with van der Waals surface area (Å²) in [6.07, 6.45) is 3.09. The van der Waals surface area contributed by atoms with Crippen molar-refractivity contribution in [2.24, 2.45) is 0 Å². The van der Waals surface area contributed by atoms with Crippen LogP contribution >= 0.6 is 15.9 Å². The van der Waals surface area contributed by atoms with Crippen molar-refractivity contribution in [2.45, 2.75) is 25.9 Å². The third-order valence-corrected chi connectivity index (χ3v) is 3.61. The average molecular weight is 340 g/mol. The molecule has 0 aliphatic rings. The minimum Gasteiger partial charge on any atom is -0.375 e. The minimum atomic E-state index is -0.403. The third-order valence-electron chi connectivity index (χ3n) is 3.12. The quantitative estimate of drug-likeness (QED) is 0.668. The molecule has 1 N–H and O–H groups in total. The van der Waals surface area contributed by atoms with E-state index in [1.165, 1.54) is 12.4 Å². The lowest BCUT2D eigenvalue weighted by Gasteiger charge is -2.22. The predicted molar refractivity (Wildman–Crippen MR) is 78.6 cm³/mol. The second kappa shape index (κ2) is 6.00. The number of hydrogen-bond donors (Lipinski definition) is 1. The van der Waals surface area contributed by atoms with Crippen molar-refractivity contribution in [3.63, 3.8) is 0 Å². The van der Waals surface area contributed by atoms with E-state index in [1.807, 2.05) is 13.8 Å². The summed E-state index contributed by atoms with van der Waals surface area (Å²) in [7, 11) is 0. The second-order valence-corrected chi connectivity index (χ2v) is 5.38. The van der Waals surface area contributed by atoms with Crippen LogP contribution in [0, 0.1) is 10.1 Å². The number of rotatable bonds is 5. The van der Waals surface area contributed by atoms with E-state index in [1.54, 1.807) is 23.1 Å². The van der Waals surface area contributed by atoms with Crippen LogP contribution < -0.4 is 5.32 Å². The molecule has 0 aliphatic carbocycles. The molecule has 1 aromatic carbocycles. The van der Waals surface area contributed by atoms with Gasteiger partial charge in [-0.15, -0.1) is 0 Å². The van der Waals surface area contributed by atoms with Crippen LogP contribution in [0.4, 0.5) is 11.4 Å². The number of benzene rings is 1. The Hall–Kier alpha value is -1.96. The monoisotopic (exact) mass is 339 g/mol. The van der Waals surface area contributed by atoms with Gasteiger partial charge in [-0.3, -0.25) is 10.1 Å². The van der Waals surface area contributed by atoms with E-state index in [0.29, 0.717) is 10.2 Å². The molecule has 8 heteroatoms. The number of nitrogens with zero attached hydrogens (tertiary/aromatic N) is 4. The van der Waals surface area contributed by atoms with Gasteiger partial charge in [-0.2, -0.15) is 5.10 Å². The Labute approximate surface area is 124 Å². The van der Waals surface area contributed by atoms with Gasteiger partial charge in [0.2, 0.25) is 0 Å². The molecule has 0 bridgehead atoms. The van der Waals surface area contributed by atoms with E-state index in [2.05, 4.69) is 31.3 Å². The molecule has 0 amide bonds. The summed E-state index contributed by atoms with van der Waals surface area (Å²) in [4.78, 5) is 14.6. The molecule has 0 unspecified atom stereocenters. The summed E-state index contributed by atoms with van der Waals surface area (Å²) in [5.41, 5.74) is 0.523. The minimum absolute atomic E-state index is 0.0146. The summed E-state index contributed by atoms with van der Waals surface area (Å²) in [6.45, 7) is 3.91. The molecule has 7 nitrogen and oxygen atoms in total. The van der Waals surface area contributed by atoms with Gasteiger partial charge >= 0.3 is 0 Å². The van der Waals surface area contributed by atoms with Crippen LogP contribution in [0.3, 0.4) is 0 Å². The first-order chi connectivity index (χ1) is 9.49. The van der Waals surface area contributed by atoms with Gasteiger partial charge in [0.1, 0.15) is 18.3 Å². The summed E-state index contributed by atoms with van der Waals surface area (Å²) in [5, 5.41) is 18.3. The Morgan fingerprint density at radius 2 is 2.20 bits per heavy atom. The Balaban J connectivity index is 2.19. The molecule has 2 atom stereocenters. The first-order valence-electron chi connectivity index (χ1n) is 6.03. The molecule has 0 fully saturated rings. The maximum Gasteiger partial charge on any atom is 0.293 e. The van der Waals surface area contributed by atoms with Gasteiger partial charge in [-0.1, -0.05) is 15.9 Å². The predicted octanol–water partition coefficient (Wildman–Crippen LogP) is 3.01. The number of hydrogen-bond acceptors (Lipinski definition) is 5. The standard InChI is InChI=1S/C12H14BrN5O2/c1-8(9(2)17-7-14-6-15-17)16-11-4-3-10(13)5-12(11)18(19)20/h3-9,16H,1-2H3/t8-,9+/m0/s1. The molecular weight excluding hydrogens is 326 g/mol. The molecule has 0 spiro atoms. The molecule has 0 saturated carbocycles. The van der Waals surface area contributed by atoms with Gasteiger partial charge in [-0.25, -0.2) is 9.67 Å². The van der Waals surface area contributed by atoms with Crippen LogP contribution in [0.1, 0.15) is 19.9 Å². The van der Waals surface area contributed by atoms with Gasteiger partial charge in [0.15, 0.2) is 0 Å². The lowest BCUT2D eigenvalue weighted by Crippen LogP contribution is -2.27. The number of nitro benzene ring substituents is 1. The topological polar surface area (TPSA) is 85.9 Å². The molecule has 0 radical (unpaired) electrons. The molecule has 0 aliphatic heterocycles. The van der Waals surface area contributed by atoms with E-state index >= 15 is 0 Å². The van der Waals surface area contributed by atoms with Crippen LogP contribution in [0.25, 0.3) is 0 Å². The van der Waals surface area contributed by atoms with E-state index in [9.17, 15) is 10.1 Å². The van der Waals surface area contributed by atoms with Gasteiger partial charge in [0.25, 0.3) is 5.69 Å². The molecule has 106 valence electrons. The van der Waals surface area contributed by atoms with E-state index < -0.39 is 4.92 Å². The lowest BCUT2D eigenvalue weighted by molar-refractivity contribution is -0.384. The zero-order valence-corrected chi connectivity index (χ0v) is 12.6. The van der Waals surface area contributed by atoms with E-state index in [-0.39, 0.29) is 17.8 Å². The zero-order valence-electron chi connectivity index (χ0n) is 11.0. The SMILES string of the molecule is C[C@H](Nc1ccc(Br)cc1[N+](=O)[O-])[C@@H](C)n1cncn1. The molecular formula is C12H14BrN5O2. The summed E-state index contributed by atoms with van der Waals surface area (Å²) < 4.78 is 2.38. The van der Waals surface area contributed by atoms with Crippen molar-refractivity contribution in [1.29, 1.82) is 0 Å². The first-order valence-corrected chi connectivity index (χ1v) is 6.83. The highest BCUT2D eigenvalue weighted by atomic mass is 79.9. The van der Waals surface area contributed by atoms with Gasteiger partial charge in [0.05, 0.1) is 11.0 Å². The molecule has 1 aromatic heterocycles. The Kier molecular flexibility index (Phi) is 4.33. The van der Waals surface area contributed by atoms with Crippen molar-refractivity contribution in [2.75, 3.05) is 5.32 Å². The van der Waals surface area contributed by atoms with Gasteiger partial charge in [0, 0.05) is 16.6 Å². The Morgan fingerprint density at radius 1 is 1.45 bits per heavy atom. The smallest absolute Gasteiger partial charge is 0.293 e. The molecule has 20 heavy (non-hydrogen) atoms. The van der Waals surface area contributed by atoms with E-state index in [0.717, 1.165) is 0 Å². The first kappa shape index (κ1) is 14.4.